The van der Waals surface area contributed by atoms with Crippen molar-refractivity contribution in [2.75, 3.05) is 19.8 Å². The molecule has 0 amide bonds. The topological polar surface area (TPSA) is 158 Å². The molecule has 9 atom stereocenters. The van der Waals surface area contributed by atoms with Crippen molar-refractivity contribution in [3.05, 3.63) is 35.9 Å². The SMILES string of the molecule is OCC1OC(OCCc2ccccc2)C(O)C(OC2OCC(O)C(O)C2O)C1O. The molecule has 9 unspecified atom stereocenters. The van der Waals surface area contributed by atoms with E-state index in [9.17, 15) is 30.6 Å². The zero-order valence-corrected chi connectivity index (χ0v) is 15.7. The Morgan fingerprint density at radius 3 is 2.31 bits per heavy atom. The van der Waals surface area contributed by atoms with Crippen molar-refractivity contribution in [2.24, 2.45) is 0 Å². The molecule has 0 bridgehead atoms. The van der Waals surface area contributed by atoms with Gasteiger partial charge in [0, 0.05) is 0 Å². The van der Waals surface area contributed by atoms with E-state index in [0.717, 1.165) is 5.56 Å². The molecule has 6 N–H and O–H groups in total. The van der Waals surface area contributed by atoms with Gasteiger partial charge in [0.15, 0.2) is 12.6 Å². The smallest absolute Gasteiger partial charge is 0.186 e. The monoisotopic (exact) mass is 416 g/mol. The van der Waals surface area contributed by atoms with E-state index in [0.29, 0.717) is 6.42 Å². The Hall–Kier alpha value is -1.18. The summed E-state index contributed by atoms with van der Waals surface area (Å²) in [6, 6.07) is 9.53. The number of hydrogen-bond donors (Lipinski definition) is 6. The van der Waals surface area contributed by atoms with Gasteiger partial charge in [-0.25, -0.2) is 0 Å². The van der Waals surface area contributed by atoms with Crippen LogP contribution in [0.25, 0.3) is 0 Å². The summed E-state index contributed by atoms with van der Waals surface area (Å²) in [4.78, 5) is 0. The van der Waals surface area contributed by atoms with Gasteiger partial charge in [0.05, 0.1) is 19.8 Å². The van der Waals surface area contributed by atoms with E-state index in [1.165, 1.54) is 0 Å². The van der Waals surface area contributed by atoms with Crippen molar-refractivity contribution >= 4 is 0 Å². The second kappa shape index (κ2) is 10.2. The second-order valence-corrected chi connectivity index (χ2v) is 7.16. The Labute approximate surface area is 167 Å². The Balaban J connectivity index is 1.62. The Morgan fingerprint density at radius 1 is 0.897 bits per heavy atom. The van der Waals surface area contributed by atoms with Crippen LogP contribution in [0.1, 0.15) is 5.56 Å². The van der Waals surface area contributed by atoms with Gasteiger partial charge in [0.2, 0.25) is 0 Å². The highest BCUT2D eigenvalue weighted by molar-refractivity contribution is 5.14. The largest absolute Gasteiger partial charge is 0.394 e. The highest BCUT2D eigenvalue weighted by Gasteiger charge is 2.49. The molecule has 1 aromatic carbocycles. The summed E-state index contributed by atoms with van der Waals surface area (Å²) in [5, 5.41) is 59.8. The van der Waals surface area contributed by atoms with Gasteiger partial charge in [-0.15, -0.1) is 0 Å². The van der Waals surface area contributed by atoms with Crippen molar-refractivity contribution in [1.82, 2.24) is 0 Å². The van der Waals surface area contributed by atoms with Crippen LogP contribution in [0.4, 0.5) is 0 Å². The van der Waals surface area contributed by atoms with E-state index in [-0.39, 0.29) is 13.2 Å². The van der Waals surface area contributed by atoms with E-state index in [4.69, 9.17) is 18.9 Å². The maximum absolute atomic E-state index is 10.6. The molecule has 1 aromatic rings. The Bertz CT molecular complexity index is 616. The fourth-order valence-corrected chi connectivity index (χ4v) is 3.34. The summed E-state index contributed by atoms with van der Waals surface area (Å²) in [5.74, 6) is 0. The number of ether oxygens (including phenoxy) is 4. The molecule has 2 aliphatic heterocycles. The van der Waals surface area contributed by atoms with Gasteiger partial charge in [0.25, 0.3) is 0 Å². The number of aliphatic hydroxyl groups excluding tert-OH is 6. The van der Waals surface area contributed by atoms with Crippen molar-refractivity contribution < 1.29 is 49.6 Å². The standard InChI is InChI=1S/C19H28O10/c20-8-12-14(23)17(29-18-15(24)13(22)11(21)9-27-18)16(25)19(28-12)26-7-6-10-4-2-1-3-5-10/h1-5,11-25H,6-9H2. The molecule has 0 radical (unpaired) electrons. The molecule has 10 nitrogen and oxygen atoms in total. The molecule has 2 heterocycles. The zero-order chi connectivity index (χ0) is 21.0. The van der Waals surface area contributed by atoms with Crippen LogP contribution in [0.15, 0.2) is 30.3 Å². The number of rotatable bonds is 7. The fourth-order valence-electron chi connectivity index (χ4n) is 3.34. The minimum absolute atomic E-state index is 0.208. The van der Waals surface area contributed by atoms with Gasteiger partial charge >= 0.3 is 0 Å². The number of aliphatic hydroxyl groups is 6. The van der Waals surface area contributed by atoms with Crippen LogP contribution in [-0.4, -0.2) is 106 Å². The quantitative estimate of drug-likeness (QED) is 0.281. The lowest BCUT2D eigenvalue weighted by molar-refractivity contribution is -0.349. The highest BCUT2D eigenvalue weighted by atomic mass is 16.7. The van der Waals surface area contributed by atoms with E-state index in [1.807, 2.05) is 30.3 Å². The summed E-state index contributed by atoms with van der Waals surface area (Å²) in [7, 11) is 0. The summed E-state index contributed by atoms with van der Waals surface area (Å²) < 4.78 is 21.7. The van der Waals surface area contributed by atoms with E-state index < -0.39 is 61.9 Å². The summed E-state index contributed by atoms with van der Waals surface area (Å²) in [6.45, 7) is -0.638. The fraction of sp³-hybridized carbons (Fsp3) is 0.684. The Kier molecular flexibility index (Phi) is 7.93. The molecule has 164 valence electrons. The molecule has 0 saturated carbocycles. The van der Waals surface area contributed by atoms with Crippen LogP contribution in [0.3, 0.4) is 0 Å². The van der Waals surface area contributed by atoms with Crippen LogP contribution in [-0.2, 0) is 25.4 Å². The third-order valence-electron chi connectivity index (χ3n) is 5.08. The molecule has 0 spiro atoms. The Morgan fingerprint density at radius 2 is 1.62 bits per heavy atom. The van der Waals surface area contributed by atoms with E-state index in [2.05, 4.69) is 0 Å². The van der Waals surface area contributed by atoms with Gasteiger partial charge in [-0.2, -0.15) is 0 Å². The summed E-state index contributed by atoms with van der Waals surface area (Å²) in [5.41, 5.74) is 1.02. The van der Waals surface area contributed by atoms with Gasteiger partial charge in [0.1, 0.15) is 42.7 Å². The van der Waals surface area contributed by atoms with Crippen molar-refractivity contribution in [3.8, 4) is 0 Å². The molecule has 2 aliphatic rings. The average molecular weight is 416 g/mol. The zero-order valence-electron chi connectivity index (χ0n) is 15.7. The van der Waals surface area contributed by atoms with Gasteiger partial charge in [-0.3, -0.25) is 0 Å². The molecule has 3 rings (SSSR count). The molecular formula is C19H28O10. The third kappa shape index (κ3) is 5.30. The lowest BCUT2D eigenvalue weighted by Gasteiger charge is -2.44. The maximum Gasteiger partial charge on any atom is 0.186 e. The van der Waals surface area contributed by atoms with Crippen molar-refractivity contribution in [3.63, 3.8) is 0 Å². The van der Waals surface area contributed by atoms with Crippen LogP contribution >= 0.6 is 0 Å². The maximum atomic E-state index is 10.6. The molecule has 29 heavy (non-hydrogen) atoms. The van der Waals surface area contributed by atoms with Gasteiger partial charge in [-0.1, -0.05) is 30.3 Å². The molecule has 2 fully saturated rings. The molecule has 0 aromatic heterocycles. The minimum Gasteiger partial charge on any atom is -0.394 e. The number of hydrogen-bond acceptors (Lipinski definition) is 10. The first-order valence-electron chi connectivity index (χ1n) is 9.51. The lowest BCUT2D eigenvalue weighted by Crippen LogP contribution is -2.63. The summed E-state index contributed by atoms with van der Waals surface area (Å²) >= 11 is 0. The molecule has 10 heteroatoms. The molecule has 2 saturated heterocycles. The first kappa shape index (κ1) is 22.5. The second-order valence-electron chi connectivity index (χ2n) is 7.16. The molecule has 0 aliphatic carbocycles. The first-order chi connectivity index (χ1) is 13.9. The highest BCUT2D eigenvalue weighted by Crippen LogP contribution is 2.28. The number of benzene rings is 1. The van der Waals surface area contributed by atoms with Crippen LogP contribution in [0.2, 0.25) is 0 Å². The lowest BCUT2D eigenvalue weighted by atomic mass is 9.98. The average Bonchev–Trinajstić information content (AvgIpc) is 2.73. The van der Waals surface area contributed by atoms with Crippen LogP contribution in [0, 0.1) is 0 Å². The predicted octanol–water partition coefficient (Wildman–Crippen LogP) is -2.49. The predicted molar refractivity (Wildman–Crippen MR) is 96.5 cm³/mol. The molecular weight excluding hydrogens is 388 g/mol. The minimum atomic E-state index is -1.59. The third-order valence-corrected chi connectivity index (χ3v) is 5.08. The van der Waals surface area contributed by atoms with Crippen molar-refractivity contribution in [1.29, 1.82) is 0 Å². The summed E-state index contributed by atoms with van der Waals surface area (Å²) in [6.07, 6.45) is -11.7. The van der Waals surface area contributed by atoms with E-state index in [1.54, 1.807) is 0 Å². The first-order valence-corrected chi connectivity index (χ1v) is 9.51. The van der Waals surface area contributed by atoms with Gasteiger partial charge in [-0.05, 0) is 12.0 Å². The van der Waals surface area contributed by atoms with E-state index >= 15 is 0 Å². The van der Waals surface area contributed by atoms with Gasteiger partial charge < -0.3 is 49.6 Å². The van der Waals surface area contributed by atoms with Crippen LogP contribution in [0.5, 0.6) is 0 Å². The van der Waals surface area contributed by atoms with Crippen LogP contribution < -0.4 is 0 Å². The normalized spacial score (nSPS) is 40.7. The van der Waals surface area contributed by atoms with Crippen molar-refractivity contribution in [2.45, 2.75) is 61.7 Å².